The zero-order chi connectivity index (χ0) is 23.9. The molecule has 0 saturated heterocycles. The van der Waals surface area contributed by atoms with Crippen molar-refractivity contribution < 1.29 is 4.79 Å². The standard InChI is InChI=1S/C30H24N2O2S/c1-2-19-10-14-24(15-11-19)31-29(34)26-18-35-30-28(21-12-13-21)23(17-27(33)32(26)30)16-22-8-5-7-20-6-3-4-9-25(20)22/h1,3-11,14-15,17,21,26H,12-13,16,18H2,(H,31,34)/t26-/m0/s1. The van der Waals surface area contributed by atoms with Crippen molar-refractivity contribution in [3.63, 3.8) is 0 Å². The lowest BCUT2D eigenvalue weighted by atomic mass is 9.95. The SMILES string of the molecule is C#Cc1ccc(NC(=O)[C@@H]2CSc3c(C4CC4)c(Cc4cccc5ccccc45)cc(=O)n32)cc1. The second-order valence-corrected chi connectivity index (χ2v) is 10.2. The van der Waals surface area contributed by atoms with Gasteiger partial charge in [-0.15, -0.1) is 18.2 Å². The van der Waals surface area contributed by atoms with Gasteiger partial charge >= 0.3 is 0 Å². The van der Waals surface area contributed by atoms with Crippen LogP contribution in [0.5, 0.6) is 0 Å². The maximum atomic E-state index is 13.4. The number of benzene rings is 3. The Morgan fingerprint density at radius 3 is 2.57 bits per heavy atom. The van der Waals surface area contributed by atoms with E-state index in [9.17, 15) is 9.59 Å². The molecule has 35 heavy (non-hydrogen) atoms. The number of rotatable bonds is 5. The molecule has 1 aliphatic heterocycles. The summed E-state index contributed by atoms with van der Waals surface area (Å²) in [6.45, 7) is 0. The van der Waals surface area contributed by atoms with Gasteiger partial charge in [0.2, 0.25) is 5.91 Å². The van der Waals surface area contributed by atoms with Gasteiger partial charge in [0.05, 0.1) is 5.03 Å². The minimum absolute atomic E-state index is 0.104. The molecule has 3 aromatic carbocycles. The van der Waals surface area contributed by atoms with E-state index in [0.717, 1.165) is 35.4 Å². The molecule has 0 unspecified atom stereocenters. The number of terminal acetylenes is 1. The van der Waals surface area contributed by atoms with Gasteiger partial charge in [0, 0.05) is 23.1 Å². The third-order valence-electron chi connectivity index (χ3n) is 6.89. The van der Waals surface area contributed by atoms with Crippen LogP contribution in [0.1, 0.15) is 47.1 Å². The highest BCUT2D eigenvalue weighted by Crippen LogP contribution is 2.48. The zero-order valence-electron chi connectivity index (χ0n) is 19.2. The van der Waals surface area contributed by atoms with Gasteiger partial charge in [-0.1, -0.05) is 48.4 Å². The first-order valence-corrected chi connectivity index (χ1v) is 12.9. The van der Waals surface area contributed by atoms with Crippen molar-refractivity contribution in [1.29, 1.82) is 0 Å². The third-order valence-corrected chi connectivity index (χ3v) is 8.06. The Balaban J connectivity index is 1.35. The molecule has 1 saturated carbocycles. The van der Waals surface area contributed by atoms with Gasteiger partial charge in [-0.05, 0) is 76.9 Å². The number of fused-ring (bicyclic) bond motifs is 2. The summed E-state index contributed by atoms with van der Waals surface area (Å²) >= 11 is 1.63. The average molecular weight is 477 g/mol. The first kappa shape index (κ1) is 21.8. The van der Waals surface area contributed by atoms with Gasteiger partial charge in [0.1, 0.15) is 6.04 Å². The summed E-state index contributed by atoms with van der Waals surface area (Å²) in [6.07, 6.45) is 8.40. The molecule has 5 heteroatoms. The fourth-order valence-corrected chi connectivity index (χ4v) is 6.44. The lowest BCUT2D eigenvalue weighted by Gasteiger charge is -2.18. The number of amides is 1. The molecule has 0 bridgehead atoms. The molecule has 4 nitrogen and oxygen atoms in total. The van der Waals surface area contributed by atoms with Gasteiger partial charge in [-0.3, -0.25) is 14.2 Å². The van der Waals surface area contributed by atoms with Crippen LogP contribution < -0.4 is 10.9 Å². The van der Waals surface area contributed by atoms with Crippen molar-refractivity contribution in [3.05, 3.63) is 105 Å². The summed E-state index contributed by atoms with van der Waals surface area (Å²) < 4.78 is 1.72. The highest BCUT2D eigenvalue weighted by molar-refractivity contribution is 7.99. The first-order valence-electron chi connectivity index (χ1n) is 11.9. The first-order chi connectivity index (χ1) is 17.1. The minimum Gasteiger partial charge on any atom is -0.324 e. The molecule has 4 aromatic rings. The normalized spacial score (nSPS) is 16.6. The van der Waals surface area contributed by atoms with Crippen molar-refractivity contribution >= 4 is 34.1 Å². The van der Waals surface area contributed by atoms with Crippen LogP contribution in [-0.4, -0.2) is 16.2 Å². The van der Waals surface area contributed by atoms with Gasteiger partial charge in [-0.25, -0.2) is 0 Å². The second kappa shape index (κ2) is 8.79. The van der Waals surface area contributed by atoms with Crippen LogP contribution in [-0.2, 0) is 11.2 Å². The van der Waals surface area contributed by atoms with Crippen LogP contribution in [0.15, 0.2) is 82.6 Å². The molecule has 1 aliphatic carbocycles. The zero-order valence-corrected chi connectivity index (χ0v) is 20.0. The Kier molecular flexibility index (Phi) is 5.47. The monoisotopic (exact) mass is 476 g/mol. The molecule has 1 fully saturated rings. The Morgan fingerprint density at radius 2 is 1.80 bits per heavy atom. The average Bonchev–Trinajstić information content (AvgIpc) is 3.61. The number of carbonyl (C=O) groups is 1. The molecule has 0 radical (unpaired) electrons. The third kappa shape index (κ3) is 4.05. The largest absolute Gasteiger partial charge is 0.324 e. The lowest BCUT2D eigenvalue weighted by Crippen LogP contribution is -2.33. The molecule has 1 amide bonds. The summed E-state index contributed by atoms with van der Waals surface area (Å²) in [5, 5.41) is 6.36. The van der Waals surface area contributed by atoms with E-state index >= 15 is 0 Å². The van der Waals surface area contributed by atoms with Gasteiger partial charge in [-0.2, -0.15) is 0 Å². The molecular formula is C30H24N2O2S. The maximum absolute atomic E-state index is 13.4. The molecular weight excluding hydrogens is 452 g/mol. The van der Waals surface area contributed by atoms with E-state index in [4.69, 9.17) is 6.42 Å². The Labute approximate surface area is 208 Å². The molecule has 1 aromatic heterocycles. The summed E-state index contributed by atoms with van der Waals surface area (Å²) in [7, 11) is 0. The van der Waals surface area contributed by atoms with Gasteiger partial charge < -0.3 is 5.32 Å². The minimum atomic E-state index is -0.529. The van der Waals surface area contributed by atoms with E-state index in [0.29, 0.717) is 17.4 Å². The van der Waals surface area contributed by atoms with E-state index < -0.39 is 6.04 Å². The number of thioether (sulfide) groups is 1. The number of anilines is 1. The van der Waals surface area contributed by atoms with E-state index in [2.05, 4.69) is 53.7 Å². The predicted octanol–water partition coefficient (Wildman–Crippen LogP) is 5.74. The summed E-state index contributed by atoms with van der Waals surface area (Å²) in [5.74, 6) is 3.43. The van der Waals surface area contributed by atoms with Crippen molar-refractivity contribution in [1.82, 2.24) is 4.57 Å². The smallest absolute Gasteiger partial charge is 0.252 e. The van der Waals surface area contributed by atoms with Crippen LogP contribution in [0.4, 0.5) is 5.69 Å². The number of hydrogen-bond donors (Lipinski definition) is 1. The van der Waals surface area contributed by atoms with Crippen LogP contribution in [0.2, 0.25) is 0 Å². The van der Waals surface area contributed by atoms with Crippen molar-refractivity contribution in [2.75, 3.05) is 11.1 Å². The Bertz CT molecular complexity index is 1550. The van der Waals surface area contributed by atoms with Crippen LogP contribution >= 0.6 is 11.8 Å². The van der Waals surface area contributed by atoms with E-state index in [1.54, 1.807) is 46.7 Å². The van der Waals surface area contributed by atoms with Gasteiger partial charge in [0.15, 0.2) is 0 Å². The molecule has 2 aliphatic rings. The fraction of sp³-hybridized carbons (Fsp3) is 0.200. The van der Waals surface area contributed by atoms with Crippen LogP contribution in [0.3, 0.4) is 0 Å². The maximum Gasteiger partial charge on any atom is 0.252 e. The summed E-state index contributed by atoms with van der Waals surface area (Å²) in [6, 6.07) is 23.2. The summed E-state index contributed by atoms with van der Waals surface area (Å²) in [4.78, 5) is 26.6. The highest BCUT2D eigenvalue weighted by Gasteiger charge is 2.37. The summed E-state index contributed by atoms with van der Waals surface area (Å²) in [5.41, 5.74) is 4.91. The number of carbonyl (C=O) groups excluding carboxylic acids is 1. The molecule has 172 valence electrons. The fourth-order valence-electron chi connectivity index (χ4n) is 5.01. The number of pyridine rings is 1. The van der Waals surface area contributed by atoms with Crippen LogP contribution in [0.25, 0.3) is 10.8 Å². The number of aromatic nitrogens is 1. The molecule has 1 N–H and O–H groups in total. The molecule has 2 heterocycles. The van der Waals surface area contributed by atoms with Crippen molar-refractivity contribution in [2.24, 2.45) is 0 Å². The van der Waals surface area contributed by atoms with Crippen LogP contribution in [0, 0.1) is 12.3 Å². The molecule has 6 rings (SSSR count). The van der Waals surface area contributed by atoms with Crippen molar-refractivity contribution in [3.8, 4) is 12.3 Å². The van der Waals surface area contributed by atoms with E-state index in [1.807, 2.05) is 0 Å². The molecule has 0 spiro atoms. The van der Waals surface area contributed by atoms with Gasteiger partial charge in [0.25, 0.3) is 5.56 Å². The number of nitrogens with one attached hydrogen (secondary N) is 1. The second-order valence-electron chi connectivity index (χ2n) is 9.22. The predicted molar refractivity (Wildman–Crippen MR) is 142 cm³/mol. The highest BCUT2D eigenvalue weighted by atomic mass is 32.2. The quantitative estimate of drug-likeness (QED) is 0.374. The Morgan fingerprint density at radius 1 is 1.03 bits per heavy atom. The number of nitrogens with zero attached hydrogens (tertiary/aromatic N) is 1. The lowest BCUT2D eigenvalue weighted by molar-refractivity contribution is -0.118. The Hall–Kier alpha value is -3.75. The number of hydrogen-bond acceptors (Lipinski definition) is 3. The van der Waals surface area contributed by atoms with E-state index in [1.165, 1.54) is 21.9 Å². The van der Waals surface area contributed by atoms with E-state index in [-0.39, 0.29) is 11.5 Å². The topological polar surface area (TPSA) is 51.1 Å². The van der Waals surface area contributed by atoms with Crippen molar-refractivity contribution in [2.45, 2.75) is 36.2 Å². The molecule has 1 atom stereocenters.